The number of fused-ring (bicyclic) bond motifs is 4. The maximum absolute atomic E-state index is 13.1. The smallest absolute Gasteiger partial charge is 0.409 e. The minimum absolute atomic E-state index is 0.0527. The number of halogens is 1. The number of nitrogens with one attached hydrogen (secondary N) is 1. The van der Waals surface area contributed by atoms with Gasteiger partial charge in [-0.15, -0.1) is 0 Å². The number of amides is 2. The van der Waals surface area contributed by atoms with Crippen molar-refractivity contribution in [3.8, 4) is 5.75 Å². The minimum Gasteiger partial charge on any atom is -0.495 e. The Hall–Kier alpha value is -2.85. The van der Waals surface area contributed by atoms with Crippen molar-refractivity contribution in [2.45, 2.75) is 64.1 Å². The maximum atomic E-state index is 13.1. The Labute approximate surface area is 228 Å². The van der Waals surface area contributed by atoms with Gasteiger partial charge in [0.15, 0.2) is 5.72 Å². The number of rotatable bonds is 2. The lowest BCUT2D eigenvalue weighted by molar-refractivity contribution is -0.138. The van der Waals surface area contributed by atoms with Crippen molar-refractivity contribution in [2.24, 2.45) is 5.92 Å². The molecule has 3 N–H and O–H groups in total. The highest BCUT2D eigenvalue weighted by atomic mass is 35.5. The fourth-order valence-electron chi connectivity index (χ4n) is 4.72. The molecule has 0 aromatic heterocycles. The molecular weight excluding hydrogens is 512 g/mol. The van der Waals surface area contributed by atoms with E-state index in [2.05, 4.69) is 5.32 Å². The van der Waals surface area contributed by atoms with Crippen LogP contribution in [0.2, 0.25) is 5.02 Å². The van der Waals surface area contributed by atoms with Gasteiger partial charge >= 0.3 is 6.09 Å². The van der Waals surface area contributed by atoms with Gasteiger partial charge in [-0.2, -0.15) is 0 Å². The van der Waals surface area contributed by atoms with E-state index in [0.29, 0.717) is 28.5 Å². The summed E-state index contributed by atoms with van der Waals surface area (Å²) in [6, 6.07) is 3.64. The fraction of sp³-hybridized carbons (Fsp3) is 0.500. The number of allylic oxidation sites excluding steroid dienone is 3. The van der Waals surface area contributed by atoms with E-state index in [1.54, 1.807) is 32.2 Å². The quantitative estimate of drug-likeness (QED) is 0.480. The van der Waals surface area contributed by atoms with E-state index in [1.165, 1.54) is 19.1 Å². The molecule has 1 aromatic carbocycles. The number of carbonyl (C=O) groups is 2. The minimum atomic E-state index is -1.71. The number of hydrogen-bond acceptors (Lipinski definition) is 7. The Morgan fingerprint density at radius 2 is 1.95 bits per heavy atom. The number of carbonyl (C=O) groups excluding carboxylic acids is 2. The summed E-state index contributed by atoms with van der Waals surface area (Å²) in [5.74, 6) is -0.267. The molecule has 0 radical (unpaired) electrons. The molecule has 2 aliphatic heterocycles. The second-order valence-corrected chi connectivity index (χ2v) is 10.4. The zero-order chi connectivity index (χ0) is 28.2. The van der Waals surface area contributed by atoms with Gasteiger partial charge < -0.3 is 29.3 Å². The van der Waals surface area contributed by atoms with Crippen molar-refractivity contribution in [2.75, 3.05) is 26.2 Å². The Morgan fingerprint density at radius 3 is 2.61 bits per heavy atom. The van der Waals surface area contributed by atoms with Gasteiger partial charge in [0.25, 0.3) is 0 Å². The van der Waals surface area contributed by atoms with E-state index in [9.17, 15) is 19.8 Å². The van der Waals surface area contributed by atoms with Crippen LogP contribution in [0.3, 0.4) is 0 Å². The molecule has 0 aliphatic carbocycles. The van der Waals surface area contributed by atoms with Crippen molar-refractivity contribution in [3.05, 3.63) is 58.2 Å². The molecule has 0 spiro atoms. The van der Waals surface area contributed by atoms with Gasteiger partial charge in [0.05, 0.1) is 25.3 Å². The summed E-state index contributed by atoms with van der Waals surface area (Å²) < 4.78 is 16.4. The highest BCUT2D eigenvalue weighted by Gasteiger charge is 2.46. The second-order valence-electron chi connectivity index (χ2n) is 10.0. The summed E-state index contributed by atoms with van der Waals surface area (Å²) in [4.78, 5) is 26.9. The van der Waals surface area contributed by atoms with Crippen molar-refractivity contribution in [3.63, 3.8) is 0 Å². The lowest BCUT2D eigenvalue weighted by atomic mass is 9.89. The van der Waals surface area contributed by atoms with Crippen LogP contribution in [-0.4, -0.2) is 67.5 Å². The molecule has 5 unspecified atom stereocenters. The summed E-state index contributed by atoms with van der Waals surface area (Å²) in [7, 11) is 4.57. The Kier molecular flexibility index (Phi) is 9.64. The average molecular weight is 549 g/mol. The number of methoxy groups -OCH3 is 2. The summed E-state index contributed by atoms with van der Waals surface area (Å²) in [5.41, 5.74) is 1.15. The lowest BCUT2D eigenvalue weighted by Gasteiger charge is -2.41. The molecule has 1 aromatic rings. The molecule has 208 valence electrons. The van der Waals surface area contributed by atoms with E-state index in [0.717, 1.165) is 11.1 Å². The molecule has 38 heavy (non-hydrogen) atoms. The maximum Gasteiger partial charge on any atom is 0.409 e. The molecule has 0 saturated carbocycles. The molecule has 10 heteroatoms. The zero-order valence-electron chi connectivity index (χ0n) is 22.7. The van der Waals surface area contributed by atoms with Crippen LogP contribution in [0.1, 0.15) is 39.2 Å². The van der Waals surface area contributed by atoms with Gasteiger partial charge in [0, 0.05) is 26.5 Å². The molecule has 2 heterocycles. The number of alkyl carbamates (subject to hydrolysis) is 1. The lowest BCUT2D eigenvalue weighted by Crippen LogP contribution is -2.63. The topological polar surface area (TPSA) is 118 Å². The number of hydrogen-bond donors (Lipinski definition) is 3. The van der Waals surface area contributed by atoms with Crippen LogP contribution in [-0.2, 0) is 20.7 Å². The van der Waals surface area contributed by atoms with E-state index < -0.39 is 30.1 Å². The molecule has 5 atom stereocenters. The van der Waals surface area contributed by atoms with Crippen LogP contribution in [0, 0.1) is 5.92 Å². The zero-order valence-corrected chi connectivity index (χ0v) is 23.4. The number of nitrogens with zero attached hydrogens (tertiary/aromatic N) is 1. The van der Waals surface area contributed by atoms with Crippen LogP contribution >= 0.6 is 11.6 Å². The normalized spacial score (nSPS) is 32.8. The largest absolute Gasteiger partial charge is 0.495 e. The summed E-state index contributed by atoms with van der Waals surface area (Å²) in [6.45, 7) is 5.47. The van der Waals surface area contributed by atoms with Crippen LogP contribution in [0.5, 0.6) is 5.75 Å². The monoisotopic (exact) mass is 548 g/mol. The Balaban J connectivity index is 2.08. The molecule has 1 saturated heterocycles. The molecule has 4 bridgehead atoms. The third-order valence-electron chi connectivity index (χ3n) is 7.00. The first-order valence-corrected chi connectivity index (χ1v) is 12.8. The van der Waals surface area contributed by atoms with Crippen LogP contribution in [0.4, 0.5) is 10.5 Å². The number of aliphatic hydroxyl groups excluding tert-OH is 1. The van der Waals surface area contributed by atoms with Gasteiger partial charge in [0.2, 0.25) is 5.91 Å². The van der Waals surface area contributed by atoms with E-state index in [4.69, 9.17) is 25.8 Å². The SMILES string of the molecule is COc1cc2cc(c1Cl)N(C)C(=O)CC(O)/C(C)=C/C(C)C1CC(O)(NC(=O)O1)C(OC)/C=C/C=C(\C)C2. The van der Waals surface area contributed by atoms with Crippen molar-refractivity contribution in [1.82, 2.24) is 5.32 Å². The van der Waals surface area contributed by atoms with Gasteiger partial charge in [-0.3, -0.25) is 10.1 Å². The highest BCUT2D eigenvalue weighted by molar-refractivity contribution is 6.35. The first kappa shape index (κ1) is 29.7. The number of anilines is 1. The van der Waals surface area contributed by atoms with Crippen LogP contribution in [0.25, 0.3) is 0 Å². The van der Waals surface area contributed by atoms with Gasteiger partial charge in [-0.1, -0.05) is 48.4 Å². The third kappa shape index (κ3) is 6.77. The van der Waals surface area contributed by atoms with E-state index in [1.807, 2.05) is 32.1 Å². The van der Waals surface area contributed by atoms with E-state index >= 15 is 0 Å². The van der Waals surface area contributed by atoms with Gasteiger partial charge in [-0.05, 0) is 43.5 Å². The van der Waals surface area contributed by atoms with Crippen molar-refractivity contribution >= 4 is 29.3 Å². The molecule has 3 rings (SSSR count). The number of ether oxygens (including phenoxy) is 3. The van der Waals surface area contributed by atoms with E-state index in [-0.39, 0.29) is 24.7 Å². The molecule has 9 nitrogen and oxygen atoms in total. The standard InChI is InChI=1S/C28H37ClN2O7/c1-16-8-7-9-24(37-6)28(35)15-23(38-27(34)30-28)18(3)11-17(2)21(32)14-25(33)31(4)20-12-19(10-16)13-22(36-5)26(20)29/h7-9,11-13,18,21,23-24,32,35H,10,14-15H2,1-6H3,(H,30,34)/b9-7+,16-8+,17-11+. The Morgan fingerprint density at radius 1 is 1.24 bits per heavy atom. The highest BCUT2D eigenvalue weighted by Crippen LogP contribution is 2.37. The summed E-state index contributed by atoms with van der Waals surface area (Å²) >= 11 is 6.56. The first-order valence-electron chi connectivity index (χ1n) is 12.5. The van der Waals surface area contributed by atoms with Gasteiger partial charge in [0.1, 0.15) is 23.0 Å². The first-order chi connectivity index (χ1) is 17.9. The van der Waals surface area contributed by atoms with Gasteiger partial charge in [-0.25, -0.2) is 4.79 Å². The summed E-state index contributed by atoms with van der Waals surface area (Å²) in [6.07, 6.45) is 4.09. The van der Waals surface area contributed by atoms with Crippen LogP contribution in [0.15, 0.2) is 47.6 Å². The molecule has 2 amide bonds. The molecule has 1 fully saturated rings. The average Bonchev–Trinajstić information content (AvgIpc) is 2.85. The van der Waals surface area contributed by atoms with Crippen molar-refractivity contribution < 1.29 is 34.0 Å². The number of aliphatic hydroxyl groups is 2. The third-order valence-corrected chi connectivity index (χ3v) is 7.38. The van der Waals surface area contributed by atoms with Crippen molar-refractivity contribution in [1.29, 1.82) is 0 Å². The van der Waals surface area contributed by atoms with Crippen LogP contribution < -0.4 is 15.0 Å². The fourth-order valence-corrected chi connectivity index (χ4v) is 5.04. The predicted molar refractivity (Wildman–Crippen MR) is 145 cm³/mol. The Bertz CT molecular complexity index is 1150. The predicted octanol–water partition coefficient (Wildman–Crippen LogP) is 3.91. The number of benzene rings is 1. The summed E-state index contributed by atoms with van der Waals surface area (Å²) in [5, 5.41) is 25.0. The molecule has 2 aliphatic rings. The second kappa shape index (κ2) is 12.3. The molecular formula is C28H37ClN2O7.